The van der Waals surface area contributed by atoms with Crippen LogP contribution in [0, 0.1) is 0 Å². The maximum Gasteiger partial charge on any atom is 0.153 e. The Morgan fingerprint density at radius 2 is 2.29 bits per heavy atom. The fourth-order valence-corrected chi connectivity index (χ4v) is 7.14. The number of hydrogen-bond donors (Lipinski definition) is 0. The molecule has 7 heteroatoms. The van der Waals surface area contributed by atoms with Crippen molar-refractivity contribution in [3.63, 3.8) is 0 Å². The van der Waals surface area contributed by atoms with E-state index in [1.165, 1.54) is 0 Å². The van der Waals surface area contributed by atoms with Gasteiger partial charge in [0.05, 0.1) is 23.7 Å². The highest BCUT2D eigenvalue weighted by atomic mass is 32.2. The molecular weight excluding hydrogens is 278 g/mol. The Labute approximate surface area is 111 Å². The molecule has 3 aliphatic rings. The first-order valence-corrected chi connectivity index (χ1v) is 8.95. The summed E-state index contributed by atoms with van der Waals surface area (Å²) in [5.41, 5.74) is 0. The Morgan fingerprint density at radius 1 is 1.47 bits per heavy atom. The van der Waals surface area contributed by atoms with Gasteiger partial charge in [-0.05, 0) is 12.8 Å². The summed E-state index contributed by atoms with van der Waals surface area (Å²) in [7, 11) is -2.86. The van der Waals surface area contributed by atoms with Gasteiger partial charge in [-0.25, -0.2) is 8.42 Å². The summed E-state index contributed by atoms with van der Waals surface area (Å²) in [6, 6.07) is 0.0849. The minimum absolute atomic E-state index is 0.0849. The second-order valence-corrected chi connectivity index (χ2v) is 8.88. The fourth-order valence-electron chi connectivity index (χ4n) is 2.75. The summed E-state index contributed by atoms with van der Waals surface area (Å²) >= 11 is 6.90. The monoisotopic (exact) mass is 293 g/mol. The molecule has 17 heavy (non-hydrogen) atoms. The first-order chi connectivity index (χ1) is 8.05. The van der Waals surface area contributed by atoms with Crippen molar-refractivity contribution in [2.75, 3.05) is 24.7 Å². The van der Waals surface area contributed by atoms with Crippen LogP contribution in [0.4, 0.5) is 0 Å². The lowest BCUT2D eigenvalue weighted by Gasteiger charge is -2.26. The van der Waals surface area contributed by atoms with E-state index in [9.17, 15) is 8.42 Å². The van der Waals surface area contributed by atoms with Crippen molar-refractivity contribution in [1.29, 1.82) is 0 Å². The molecular formula is C10H15NO3S3. The van der Waals surface area contributed by atoms with Gasteiger partial charge in [-0.15, -0.1) is 0 Å². The third kappa shape index (κ3) is 2.34. The number of thiocarbonyl (C=S) groups is 1. The zero-order valence-corrected chi connectivity index (χ0v) is 11.8. The summed E-state index contributed by atoms with van der Waals surface area (Å²) in [5.74, 6) is 0.544. The fraction of sp³-hybridized carbons (Fsp3) is 0.900. The Balaban J connectivity index is 1.72. The lowest BCUT2D eigenvalue weighted by Crippen LogP contribution is -2.41. The summed E-state index contributed by atoms with van der Waals surface area (Å²) in [5, 5.41) is 0.147. The molecule has 0 bridgehead atoms. The van der Waals surface area contributed by atoms with E-state index in [-0.39, 0.29) is 28.9 Å². The zero-order valence-electron chi connectivity index (χ0n) is 9.37. The molecule has 3 unspecified atom stereocenters. The average molecular weight is 293 g/mol. The Bertz CT molecular complexity index is 430. The van der Waals surface area contributed by atoms with Crippen molar-refractivity contribution in [3.05, 3.63) is 0 Å². The molecule has 0 saturated carbocycles. The molecule has 0 amide bonds. The van der Waals surface area contributed by atoms with Crippen LogP contribution in [0.1, 0.15) is 12.8 Å². The minimum Gasteiger partial charge on any atom is -0.376 e. The Hall–Kier alpha value is 0.150. The third-order valence-corrected chi connectivity index (χ3v) is 7.25. The van der Waals surface area contributed by atoms with E-state index in [0.717, 1.165) is 30.3 Å². The van der Waals surface area contributed by atoms with E-state index in [1.807, 2.05) is 0 Å². The molecule has 0 aromatic rings. The maximum absolute atomic E-state index is 11.6. The largest absolute Gasteiger partial charge is 0.376 e. The first-order valence-electron chi connectivity index (χ1n) is 5.84. The quantitative estimate of drug-likeness (QED) is 0.697. The Morgan fingerprint density at radius 3 is 3.00 bits per heavy atom. The highest BCUT2D eigenvalue weighted by Gasteiger charge is 2.48. The van der Waals surface area contributed by atoms with E-state index < -0.39 is 9.84 Å². The molecule has 3 atom stereocenters. The number of thioether (sulfide) groups is 1. The number of ether oxygens (including phenoxy) is 1. The van der Waals surface area contributed by atoms with Gasteiger partial charge in [0.15, 0.2) is 9.84 Å². The second kappa shape index (κ2) is 4.36. The summed E-state index contributed by atoms with van der Waals surface area (Å²) < 4.78 is 29.7. The van der Waals surface area contributed by atoms with Gasteiger partial charge in [0.1, 0.15) is 4.32 Å². The van der Waals surface area contributed by atoms with Crippen molar-refractivity contribution in [3.8, 4) is 0 Å². The van der Waals surface area contributed by atoms with E-state index in [2.05, 4.69) is 4.90 Å². The molecule has 0 aliphatic carbocycles. The molecule has 3 fully saturated rings. The van der Waals surface area contributed by atoms with Gasteiger partial charge in [0.25, 0.3) is 0 Å². The topological polar surface area (TPSA) is 46.6 Å². The zero-order chi connectivity index (χ0) is 12.0. The molecule has 0 spiro atoms. The molecule has 4 nitrogen and oxygen atoms in total. The van der Waals surface area contributed by atoms with E-state index in [0.29, 0.717) is 0 Å². The van der Waals surface area contributed by atoms with Crippen LogP contribution < -0.4 is 0 Å². The van der Waals surface area contributed by atoms with Crippen LogP contribution in [0.2, 0.25) is 0 Å². The molecule has 0 radical (unpaired) electrons. The van der Waals surface area contributed by atoms with Crippen LogP contribution in [0.5, 0.6) is 0 Å². The van der Waals surface area contributed by atoms with Gasteiger partial charge in [0, 0.05) is 18.4 Å². The van der Waals surface area contributed by atoms with E-state index in [1.54, 1.807) is 11.8 Å². The van der Waals surface area contributed by atoms with Gasteiger partial charge in [-0.2, -0.15) is 0 Å². The highest BCUT2D eigenvalue weighted by Crippen LogP contribution is 2.38. The van der Waals surface area contributed by atoms with Crippen LogP contribution in [-0.2, 0) is 14.6 Å². The number of nitrogens with zero attached hydrogens (tertiary/aromatic N) is 1. The number of hydrogen-bond acceptors (Lipinski definition) is 5. The molecule has 3 heterocycles. The van der Waals surface area contributed by atoms with Crippen LogP contribution in [0.25, 0.3) is 0 Å². The normalized spacial score (nSPS) is 39.9. The Kier molecular flexibility index (Phi) is 3.13. The van der Waals surface area contributed by atoms with Crippen LogP contribution in [0.3, 0.4) is 0 Å². The van der Waals surface area contributed by atoms with Gasteiger partial charge < -0.3 is 9.64 Å². The van der Waals surface area contributed by atoms with Crippen molar-refractivity contribution in [2.45, 2.75) is 30.2 Å². The number of fused-ring (bicyclic) bond motifs is 1. The van der Waals surface area contributed by atoms with E-state index >= 15 is 0 Å². The third-order valence-electron chi connectivity index (χ3n) is 3.58. The summed E-state index contributed by atoms with van der Waals surface area (Å²) in [6.45, 7) is 1.59. The smallest absolute Gasteiger partial charge is 0.153 e. The predicted octanol–water partition coefficient (Wildman–Crippen LogP) is 0.665. The van der Waals surface area contributed by atoms with Crippen LogP contribution in [-0.4, -0.2) is 59.7 Å². The molecule has 96 valence electrons. The molecule has 3 aliphatic heterocycles. The van der Waals surface area contributed by atoms with Crippen molar-refractivity contribution < 1.29 is 13.2 Å². The van der Waals surface area contributed by atoms with Gasteiger partial charge in [-0.1, -0.05) is 24.0 Å². The summed E-state index contributed by atoms with van der Waals surface area (Å²) in [6.07, 6.45) is 2.40. The lowest BCUT2D eigenvalue weighted by molar-refractivity contribution is 0.0874. The predicted molar refractivity (Wildman–Crippen MR) is 72.1 cm³/mol. The number of rotatable bonds is 2. The highest BCUT2D eigenvalue weighted by molar-refractivity contribution is 8.24. The van der Waals surface area contributed by atoms with Gasteiger partial charge in [0.2, 0.25) is 0 Å². The van der Waals surface area contributed by atoms with Crippen molar-refractivity contribution in [2.24, 2.45) is 0 Å². The maximum atomic E-state index is 11.6. The van der Waals surface area contributed by atoms with E-state index in [4.69, 9.17) is 17.0 Å². The van der Waals surface area contributed by atoms with Gasteiger partial charge >= 0.3 is 0 Å². The molecule has 3 rings (SSSR count). The first kappa shape index (κ1) is 12.2. The van der Waals surface area contributed by atoms with Gasteiger partial charge in [-0.3, -0.25) is 0 Å². The van der Waals surface area contributed by atoms with Crippen LogP contribution >= 0.6 is 24.0 Å². The second-order valence-electron chi connectivity index (χ2n) is 4.85. The summed E-state index contributed by atoms with van der Waals surface area (Å²) in [4.78, 5) is 2.09. The molecule has 0 N–H and O–H groups in total. The minimum atomic E-state index is -2.86. The van der Waals surface area contributed by atoms with Crippen molar-refractivity contribution in [1.82, 2.24) is 4.90 Å². The average Bonchev–Trinajstić information content (AvgIpc) is 2.87. The molecule has 3 saturated heterocycles. The SMILES string of the molecule is O=S1(=O)CC2SC(=S)N(CC3CCCO3)C2C1. The van der Waals surface area contributed by atoms with Crippen molar-refractivity contribution >= 4 is 38.1 Å². The molecule has 0 aromatic carbocycles. The molecule has 0 aromatic heterocycles. The number of sulfone groups is 1. The lowest BCUT2D eigenvalue weighted by atomic mass is 10.2. The standard InChI is InChI=1S/C10H15NO3S3/c12-17(13)5-8-9(6-17)16-10(15)11(8)4-7-2-1-3-14-7/h7-9H,1-6H2. The van der Waals surface area contributed by atoms with Crippen LogP contribution in [0.15, 0.2) is 0 Å².